The van der Waals surface area contributed by atoms with Crippen LogP contribution in [0.1, 0.15) is 59.5 Å². The van der Waals surface area contributed by atoms with Gasteiger partial charge >= 0.3 is 0 Å². The van der Waals surface area contributed by atoms with Gasteiger partial charge in [0.1, 0.15) is 5.82 Å². The molecule has 6 heteroatoms. The third-order valence-corrected chi connectivity index (χ3v) is 5.30. The number of nitrogens with one attached hydrogen (secondary N) is 1. The highest BCUT2D eigenvalue weighted by atomic mass is 16.2. The Hall–Kier alpha value is -3.41. The number of rotatable bonds is 6. The van der Waals surface area contributed by atoms with Crippen LogP contribution >= 0.6 is 0 Å². The molecule has 3 rings (SSSR count). The topological polar surface area (TPSA) is 67.2 Å². The van der Waals surface area contributed by atoms with E-state index in [9.17, 15) is 9.59 Å². The monoisotopic (exact) mass is 418 g/mol. The number of benzene rings is 2. The van der Waals surface area contributed by atoms with Gasteiger partial charge in [-0.1, -0.05) is 51.1 Å². The second-order valence-corrected chi connectivity index (χ2v) is 8.68. The van der Waals surface area contributed by atoms with Crippen molar-refractivity contribution in [1.82, 2.24) is 14.7 Å². The molecule has 0 aliphatic rings. The molecule has 0 bridgehead atoms. The molecule has 162 valence electrons. The molecule has 0 saturated heterocycles. The van der Waals surface area contributed by atoms with E-state index in [-0.39, 0.29) is 17.2 Å². The van der Waals surface area contributed by atoms with E-state index >= 15 is 0 Å². The van der Waals surface area contributed by atoms with Crippen LogP contribution in [0.25, 0.3) is 0 Å². The largest absolute Gasteiger partial charge is 0.342 e. The predicted octanol–water partition coefficient (Wildman–Crippen LogP) is 4.57. The SMILES string of the molecule is CCN(C)C(=O)c1cccc(C(=O)Nc2ccnn2Cc2ccc(C(C)(C)C)cc2)c1. The molecule has 0 spiro atoms. The number of hydrogen-bond donors (Lipinski definition) is 1. The number of aromatic nitrogens is 2. The van der Waals surface area contributed by atoms with Crippen LogP contribution in [0.4, 0.5) is 5.82 Å². The van der Waals surface area contributed by atoms with E-state index in [1.165, 1.54) is 5.56 Å². The summed E-state index contributed by atoms with van der Waals surface area (Å²) in [5.41, 5.74) is 3.39. The van der Waals surface area contributed by atoms with Gasteiger partial charge in [-0.3, -0.25) is 9.59 Å². The van der Waals surface area contributed by atoms with Crippen molar-refractivity contribution in [1.29, 1.82) is 0 Å². The molecule has 2 aromatic carbocycles. The Morgan fingerprint density at radius 1 is 1.03 bits per heavy atom. The molecule has 3 aromatic rings. The van der Waals surface area contributed by atoms with Gasteiger partial charge in [0.15, 0.2) is 0 Å². The van der Waals surface area contributed by atoms with E-state index < -0.39 is 0 Å². The lowest BCUT2D eigenvalue weighted by atomic mass is 9.87. The van der Waals surface area contributed by atoms with Crippen LogP contribution < -0.4 is 5.32 Å². The highest BCUT2D eigenvalue weighted by Gasteiger charge is 2.16. The maximum Gasteiger partial charge on any atom is 0.256 e. The van der Waals surface area contributed by atoms with Crippen LogP contribution in [0.2, 0.25) is 0 Å². The zero-order valence-corrected chi connectivity index (χ0v) is 18.8. The molecular formula is C25H30N4O2. The molecule has 0 saturated carbocycles. The lowest BCUT2D eigenvalue weighted by molar-refractivity contribution is 0.0802. The molecule has 0 atom stereocenters. The van der Waals surface area contributed by atoms with Crippen LogP contribution in [-0.2, 0) is 12.0 Å². The predicted molar refractivity (Wildman–Crippen MR) is 124 cm³/mol. The van der Waals surface area contributed by atoms with Crippen LogP contribution in [0, 0.1) is 0 Å². The average Bonchev–Trinajstić information content (AvgIpc) is 3.18. The summed E-state index contributed by atoms with van der Waals surface area (Å²) in [6.07, 6.45) is 1.66. The zero-order valence-electron chi connectivity index (χ0n) is 18.8. The molecule has 1 N–H and O–H groups in total. The maximum absolute atomic E-state index is 12.8. The number of amides is 2. The Bertz CT molecular complexity index is 1060. The van der Waals surface area contributed by atoms with E-state index in [1.54, 1.807) is 53.2 Å². The van der Waals surface area contributed by atoms with Gasteiger partial charge in [0.05, 0.1) is 12.7 Å². The third kappa shape index (κ3) is 5.40. The molecule has 2 amide bonds. The molecule has 0 fully saturated rings. The maximum atomic E-state index is 12.8. The molecular weight excluding hydrogens is 388 g/mol. The van der Waals surface area contributed by atoms with Crippen molar-refractivity contribution in [2.45, 2.75) is 39.7 Å². The number of carbonyl (C=O) groups excluding carboxylic acids is 2. The van der Waals surface area contributed by atoms with Gasteiger partial charge in [0.25, 0.3) is 11.8 Å². The summed E-state index contributed by atoms with van der Waals surface area (Å²) in [6, 6.07) is 17.0. The number of carbonyl (C=O) groups is 2. The smallest absolute Gasteiger partial charge is 0.256 e. The second kappa shape index (κ2) is 9.16. The van der Waals surface area contributed by atoms with Gasteiger partial charge in [0, 0.05) is 30.8 Å². The molecule has 0 radical (unpaired) electrons. The van der Waals surface area contributed by atoms with Crippen molar-refractivity contribution in [3.05, 3.63) is 83.0 Å². The molecule has 1 heterocycles. The average molecular weight is 419 g/mol. The summed E-state index contributed by atoms with van der Waals surface area (Å²) in [6.45, 7) is 9.62. The standard InChI is InChI=1S/C25H30N4O2/c1-6-28(5)24(31)20-9-7-8-19(16-20)23(30)27-22-14-15-26-29(22)17-18-10-12-21(13-11-18)25(2,3)4/h7-16H,6,17H2,1-5H3,(H,27,30). The van der Waals surface area contributed by atoms with Gasteiger partial charge < -0.3 is 10.2 Å². The molecule has 31 heavy (non-hydrogen) atoms. The molecule has 6 nitrogen and oxygen atoms in total. The molecule has 0 aliphatic carbocycles. The first kappa shape index (κ1) is 22.3. The van der Waals surface area contributed by atoms with Gasteiger partial charge in [-0.25, -0.2) is 4.68 Å². The summed E-state index contributed by atoms with van der Waals surface area (Å²) in [4.78, 5) is 26.8. The first-order valence-corrected chi connectivity index (χ1v) is 10.5. The van der Waals surface area contributed by atoms with Crippen molar-refractivity contribution < 1.29 is 9.59 Å². The van der Waals surface area contributed by atoms with Gasteiger partial charge in [0.2, 0.25) is 0 Å². The molecule has 0 unspecified atom stereocenters. The molecule has 0 aliphatic heterocycles. The van der Waals surface area contributed by atoms with Crippen molar-refractivity contribution in [2.24, 2.45) is 0 Å². The third-order valence-electron chi connectivity index (χ3n) is 5.30. The Morgan fingerprint density at radius 3 is 2.35 bits per heavy atom. The fourth-order valence-electron chi connectivity index (χ4n) is 3.19. The quantitative estimate of drug-likeness (QED) is 0.637. The Balaban J connectivity index is 1.73. The normalized spacial score (nSPS) is 11.3. The zero-order chi connectivity index (χ0) is 22.6. The van der Waals surface area contributed by atoms with E-state index in [0.29, 0.717) is 30.0 Å². The minimum Gasteiger partial charge on any atom is -0.342 e. The fourth-order valence-corrected chi connectivity index (χ4v) is 3.19. The van der Waals surface area contributed by atoms with Gasteiger partial charge in [-0.15, -0.1) is 0 Å². The lowest BCUT2D eigenvalue weighted by Crippen LogP contribution is -2.26. The highest BCUT2D eigenvalue weighted by molar-refractivity contribution is 6.05. The van der Waals surface area contributed by atoms with Crippen molar-refractivity contribution >= 4 is 17.6 Å². The minimum absolute atomic E-state index is 0.102. The van der Waals surface area contributed by atoms with Crippen molar-refractivity contribution in [2.75, 3.05) is 18.9 Å². The Morgan fingerprint density at radius 2 is 1.71 bits per heavy atom. The minimum atomic E-state index is -0.279. The van der Waals surface area contributed by atoms with E-state index in [0.717, 1.165) is 5.56 Å². The van der Waals surface area contributed by atoms with Gasteiger partial charge in [-0.2, -0.15) is 5.10 Å². The van der Waals surface area contributed by atoms with Crippen LogP contribution in [0.15, 0.2) is 60.8 Å². The van der Waals surface area contributed by atoms with Crippen molar-refractivity contribution in [3.8, 4) is 0 Å². The number of hydrogen-bond acceptors (Lipinski definition) is 3. The van der Waals surface area contributed by atoms with E-state index in [2.05, 4.69) is 55.5 Å². The summed E-state index contributed by atoms with van der Waals surface area (Å²) in [7, 11) is 1.74. The van der Waals surface area contributed by atoms with Crippen LogP contribution in [-0.4, -0.2) is 40.1 Å². The van der Waals surface area contributed by atoms with Crippen LogP contribution in [0.3, 0.4) is 0 Å². The summed E-state index contributed by atoms with van der Waals surface area (Å²) >= 11 is 0. The highest BCUT2D eigenvalue weighted by Crippen LogP contribution is 2.22. The Labute approximate surface area is 183 Å². The number of anilines is 1. The summed E-state index contributed by atoms with van der Waals surface area (Å²) < 4.78 is 1.75. The summed E-state index contributed by atoms with van der Waals surface area (Å²) in [5, 5.41) is 7.26. The van der Waals surface area contributed by atoms with Crippen molar-refractivity contribution in [3.63, 3.8) is 0 Å². The Kier molecular flexibility index (Phi) is 6.59. The molecule has 1 aromatic heterocycles. The van der Waals surface area contributed by atoms with Crippen LogP contribution in [0.5, 0.6) is 0 Å². The van der Waals surface area contributed by atoms with E-state index in [1.807, 2.05) is 6.92 Å². The first-order chi connectivity index (χ1) is 14.7. The first-order valence-electron chi connectivity index (χ1n) is 10.5. The fraction of sp³-hybridized carbons (Fsp3) is 0.320. The number of nitrogens with zero attached hydrogens (tertiary/aromatic N) is 3. The van der Waals surface area contributed by atoms with Gasteiger partial charge in [-0.05, 0) is 41.7 Å². The van der Waals surface area contributed by atoms with E-state index in [4.69, 9.17) is 0 Å². The summed E-state index contributed by atoms with van der Waals surface area (Å²) in [5.74, 6) is 0.215. The lowest BCUT2D eigenvalue weighted by Gasteiger charge is -2.19. The second-order valence-electron chi connectivity index (χ2n) is 8.68.